The molecular formula is C21H19F2N3O4S. The van der Waals surface area contributed by atoms with Gasteiger partial charge >= 0.3 is 6.61 Å². The van der Waals surface area contributed by atoms with Crippen LogP contribution < -0.4 is 4.74 Å². The number of aromatic nitrogens is 2. The molecule has 10 heteroatoms. The van der Waals surface area contributed by atoms with Crippen LogP contribution >= 0.6 is 0 Å². The second-order valence-electron chi connectivity index (χ2n) is 6.95. The normalized spacial score (nSPS) is 15.1. The highest BCUT2D eigenvalue weighted by molar-refractivity contribution is 7.89. The molecule has 1 N–H and O–H groups in total. The third-order valence-electron chi connectivity index (χ3n) is 4.95. The zero-order chi connectivity index (χ0) is 22.0. The van der Waals surface area contributed by atoms with E-state index in [9.17, 15) is 23.2 Å². The summed E-state index contributed by atoms with van der Waals surface area (Å²) in [7, 11) is 0. The molecule has 0 bridgehead atoms. The number of nitrogens with zero attached hydrogens (tertiary/aromatic N) is 3. The lowest BCUT2D eigenvalue weighted by atomic mass is 9.98. The molecule has 0 spiro atoms. The molecular weight excluding hydrogens is 428 g/mol. The SMILES string of the molecule is O=C(C(CO)c1ccccc1)N1Cc2cn([S+]([O-])c3cccc(OC(F)F)c3)nc2C1. The number of aliphatic hydroxyl groups is 1. The standard InChI is InChI=1S/C21H19F2N3O4S/c22-21(23)30-16-7-4-8-17(9-16)31(29)26-11-15-10-25(12-19(15)24-26)20(28)18(13-27)14-5-2-1-3-6-14/h1-9,11,18,21,27H,10,12-13H2. The van der Waals surface area contributed by atoms with Gasteiger partial charge in [0.15, 0.2) is 4.90 Å². The Morgan fingerprint density at radius 2 is 1.97 bits per heavy atom. The molecule has 2 atom stereocenters. The van der Waals surface area contributed by atoms with Crippen molar-refractivity contribution >= 4 is 17.3 Å². The predicted molar refractivity (Wildman–Crippen MR) is 108 cm³/mol. The van der Waals surface area contributed by atoms with Crippen LogP contribution in [0.15, 0.2) is 65.7 Å². The number of carbonyl (C=O) groups is 1. The van der Waals surface area contributed by atoms with Gasteiger partial charge < -0.3 is 19.3 Å². The average molecular weight is 447 g/mol. The van der Waals surface area contributed by atoms with Crippen molar-refractivity contribution in [2.45, 2.75) is 30.5 Å². The van der Waals surface area contributed by atoms with E-state index in [2.05, 4.69) is 9.84 Å². The van der Waals surface area contributed by atoms with Gasteiger partial charge in [0.25, 0.3) is 0 Å². The van der Waals surface area contributed by atoms with E-state index in [4.69, 9.17) is 0 Å². The third-order valence-corrected chi connectivity index (χ3v) is 6.14. The van der Waals surface area contributed by atoms with Crippen LogP contribution in [0.2, 0.25) is 0 Å². The number of hydrogen-bond donors (Lipinski definition) is 1. The van der Waals surface area contributed by atoms with Crippen LogP contribution in [0.1, 0.15) is 22.7 Å². The number of rotatable bonds is 7. The van der Waals surface area contributed by atoms with E-state index in [0.29, 0.717) is 5.69 Å². The quantitative estimate of drug-likeness (QED) is 0.563. The number of benzene rings is 2. The van der Waals surface area contributed by atoms with E-state index in [0.717, 1.165) is 11.1 Å². The zero-order valence-corrected chi connectivity index (χ0v) is 17.0. The van der Waals surface area contributed by atoms with Crippen LogP contribution in [0.4, 0.5) is 8.78 Å². The molecule has 0 saturated carbocycles. The van der Waals surface area contributed by atoms with Crippen LogP contribution in [-0.4, -0.2) is 42.9 Å². The molecule has 4 rings (SSSR count). The molecule has 1 amide bonds. The summed E-state index contributed by atoms with van der Waals surface area (Å²) < 4.78 is 43.2. The highest BCUT2D eigenvalue weighted by Crippen LogP contribution is 2.28. The Balaban J connectivity index is 1.47. The second kappa shape index (κ2) is 9.04. The monoisotopic (exact) mass is 447 g/mol. The maximum Gasteiger partial charge on any atom is 0.387 e. The summed E-state index contributed by atoms with van der Waals surface area (Å²) in [6, 6.07) is 14.7. The minimum atomic E-state index is -2.97. The zero-order valence-electron chi connectivity index (χ0n) is 16.2. The first-order chi connectivity index (χ1) is 15.0. The highest BCUT2D eigenvalue weighted by atomic mass is 32.2. The summed E-state index contributed by atoms with van der Waals surface area (Å²) >= 11 is -1.75. The Hall–Kier alpha value is -2.95. The highest BCUT2D eigenvalue weighted by Gasteiger charge is 2.33. The van der Waals surface area contributed by atoms with E-state index in [1.165, 1.54) is 28.4 Å². The fourth-order valence-electron chi connectivity index (χ4n) is 3.47. The molecule has 1 aliphatic heterocycles. The Morgan fingerprint density at radius 1 is 1.19 bits per heavy atom. The second-order valence-corrected chi connectivity index (χ2v) is 8.29. The molecule has 0 fully saturated rings. The summed E-state index contributed by atoms with van der Waals surface area (Å²) in [5.41, 5.74) is 2.08. The van der Waals surface area contributed by atoms with Crippen LogP contribution in [-0.2, 0) is 29.2 Å². The number of halogens is 2. The third kappa shape index (κ3) is 4.55. The van der Waals surface area contributed by atoms with E-state index in [1.807, 2.05) is 18.2 Å². The molecule has 0 saturated heterocycles. The number of carbonyl (C=O) groups excluding carboxylic acids is 1. The Bertz CT molecular complexity index is 1040. The molecule has 0 aliphatic carbocycles. The lowest BCUT2D eigenvalue weighted by molar-refractivity contribution is -0.134. The van der Waals surface area contributed by atoms with Crippen molar-refractivity contribution in [2.24, 2.45) is 0 Å². The number of aliphatic hydroxyl groups excluding tert-OH is 1. The van der Waals surface area contributed by atoms with E-state index in [1.54, 1.807) is 23.2 Å². The molecule has 1 aliphatic rings. The molecule has 3 aromatic rings. The van der Waals surface area contributed by atoms with Crippen molar-refractivity contribution in [3.8, 4) is 5.75 Å². The van der Waals surface area contributed by atoms with E-state index >= 15 is 0 Å². The van der Waals surface area contributed by atoms with Crippen molar-refractivity contribution in [2.75, 3.05) is 6.61 Å². The van der Waals surface area contributed by atoms with Crippen LogP contribution in [0, 0.1) is 0 Å². The van der Waals surface area contributed by atoms with Gasteiger partial charge in [-0.1, -0.05) is 40.5 Å². The topological polar surface area (TPSA) is 90.7 Å². The summed E-state index contributed by atoms with van der Waals surface area (Å²) in [5.74, 6) is -0.964. The summed E-state index contributed by atoms with van der Waals surface area (Å²) in [6.45, 7) is -2.77. The van der Waals surface area contributed by atoms with Gasteiger partial charge in [0.05, 0.1) is 31.0 Å². The molecule has 0 radical (unpaired) electrons. The molecule has 1 aromatic heterocycles. The van der Waals surface area contributed by atoms with Crippen molar-refractivity contribution in [1.82, 2.24) is 14.1 Å². The first-order valence-corrected chi connectivity index (χ1v) is 10.6. The number of ether oxygens (including phenoxy) is 1. The Kier molecular flexibility index (Phi) is 6.21. The molecule has 2 unspecified atom stereocenters. The molecule has 162 valence electrons. The van der Waals surface area contributed by atoms with Gasteiger partial charge in [-0.05, 0) is 17.7 Å². The molecule has 7 nitrogen and oxygen atoms in total. The lowest BCUT2D eigenvalue weighted by Crippen LogP contribution is -2.33. The van der Waals surface area contributed by atoms with E-state index < -0.39 is 23.9 Å². The van der Waals surface area contributed by atoms with Gasteiger partial charge in [-0.2, -0.15) is 8.78 Å². The number of alkyl halides is 2. The summed E-state index contributed by atoms with van der Waals surface area (Å²) in [5, 5.41) is 14.1. The van der Waals surface area contributed by atoms with Gasteiger partial charge in [0, 0.05) is 18.2 Å². The molecule has 2 aromatic carbocycles. The van der Waals surface area contributed by atoms with Gasteiger partial charge in [0.1, 0.15) is 17.1 Å². The predicted octanol–water partition coefficient (Wildman–Crippen LogP) is 2.67. The fourth-order valence-corrected chi connectivity index (χ4v) is 4.49. The smallest absolute Gasteiger partial charge is 0.387 e. The number of fused-ring (bicyclic) bond motifs is 1. The number of hydrogen-bond acceptors (Lipinski definition) is 5. The van der Waals surface area contributed by atoms with Crippen LogP contribution in [0.3, 0.4) is 0 Å². The minimum absolute atomic E-state index is 0.0896. The first kappa shape index (κ1) is 21.3. The molecule has 31 heavy (non-hydrogen) atoms. The van der Waals surface area contributed by atoms with E-state index in [-0.39, 0.29) is 36.2 Å². The van der Waals surface area contributed by atoms with Crippen molar-refractivity contribution in [1.29, 1.82) is 0 Å². The number of amides is 1. The average Bonchev–Trinajstić information content (AvgIpc) is 3.34. The first-order valence-electron chi connectivity index (χ1n) is 9.45. The van der Waals surface area contributed by atoms with Crippen LogP contribution in [0.25, 0.3) is 0 Å². The largest absolute Gasteiger partial charge is 0.586 e. The summed E-state index contributed by atoms with van der Waals surface area (Å²) in [4.78, 5) is 14.8. The molecule has 2 heterocycles. The van der Waals surface area contributed by atoms with Crippen molar-refractivity contribution < 1.29 is 28.0 Å². The maximum absolute atomic E-state index is 12.9. The van der Waals surface area contributed by atoms with Gasteiger partial charge in [-0.15, -0.1) is 5.10 Å². The van der Waals surface area contributed by atoms with Gasteiger partial charge in [-0.3, -0.25) is 4.79 Å². The van der Waals surface area contributed by atoms with Gasteiger partial charge in [-0.25, -0.2) is 0 Å². The van der Waals surface area contributed by atoms with Crippen molar-refractivity contribution in [3.05, 3.63) is 77.6 Å². The lowest BCUT2D eigenvalue weighted by Gasteiger charge is -2.22. The Morgan fingerprint density at radius 3 is 2.65 bits per heavy atom. The van der Waals surface area contributed by atoms with Crippen molar-refractivity contribution in [3.63, 3.8) is 0 Å². The maximum atomic E-state index is 12.9. The summed E-state index contributed by atoms with van der Waals surface area (Å²) in [6.07, 6.45) is 1.58. The minimum Gasteiger partial charge on any atom is -0.586 e. The van der Waals surface area contributed by atoms with Gasteiger partial charge in [0.2, 0.25) is 5.91 Å². The van der Waals surface area contributed by atoms with Crippen LogP contribution in [0.5, 0.6) is 5.75 Å². The Labute approximate surface area is 180 Å². The fraction of sp³-hybridized carbons (Fsp3) is 0.238.